The maximum Gasteiger partial charge on any atom is 0.451 e. The average Bonchev–Trinajstić information content (AvgIpc) is 2.98. The highest BCUT2D eigenvalue weighted by Gasteiger charge is 2.37. The molecule has 0 bridgehead atoms. The average molecular weight is 342 g/mol. The lowest BCUT2D eigenvalue weighted by Crippen LogP contribution is -2.23. The minimum Gasteiger partial charge on any atom is -0.481 e. The van der Waals surface area contributed by atoms with Gasteiger partial charge in [-0.2, -0.15) is 0 Å². The van der Waals surface area contributed by atoms with Crippen LogP contribution < -0.4 is 0 Å². The van der Waals surface area contributed by atoms with Crippen molar-refractivity contribution in [3.05, 3.63) is 42.1 Å². The van der Waals surface area contributed by atoms with E-state index in [9.17, 15) is 9.90 Å². The van der Waals surface area contributed by atoms with E-state index >= 15 is 0 Å². The molecule has 1 saturated heterocycles. The largest absolute Gasteiger partial charge is 0.481 e. The molecule has 1 aliphatic rings. The number of likely N-dealkylation sites (tertiary alicyclic amines) is 1. The summed E-state index contributed by atoms with van der Waals surface area (Å²) in [6, 6.07) is 9.96. The first-order valence-electron chi connectivity index (χ1n) is 8.68. The standard InChI is InChI=1S/C18H23BN2O4/c22-18(23)16-12-21(10-13(16)4-3-8-19(24)25)11-14-7-9-20-17-6-2-1-5-15(14)17/h1-2,5-7,9,13,16,24-25H,3-4,8,10-12H2,(H,22,23)/t13-,16+/m0/s1. The van der Waals surface area contributed by atoms with Crippen LogP contribution in [0.2, 0.25) is 6.32 Å². The van der Waals surface area contributed by atoms with Crippen molar-refractivity contribution in [3.63, 3.8) is 0 Å². The Morgan fingerprint density at radius 2 is 2.04 bits per heavy atom. The van der Waals surface area contributed by atoms with Gasteiger partial charge in [-0.25, -0.2) is 0 Å². The lowest BCUT2D eigenvalue weighted by Gasteiger charge is -2.17. The van der Waals surface area contributed by atoms with E-state index < -0.39 is 19.0 Å². The third-order valence-corrected chi connectivity index (χ3v) is 5.00. The molecule has 0 aliphatic carbocycles. The van der Waals surface area contributed by atoms with Crippen molar-refractivity contribution < 1.29 is 19.9 Å². The Morgan fingerprint density at radius 3 is 2.80 bits per heavy atom. The zero-order valence-corrected chi connectivity index (χ0v) is 14.1. The molecule has 2 aromatic rings. The van der Waals surface area contributed by atoms with Gasteiger partial charge in [0.1, 0.15) is 0 Å². The van der Waals surface area contributed by atoms with Gasteiger partial charge in [-0.05, 0) is 36.4 Å². The van der Waals surface area contributed by atoms with E-state index in [1.54, 1.807) is 6.20 Å². The van der Waals surface area contributed by atoms with Gasteiger partial charge in [-0.1, -0.05) is 24.6 Å². The number of aromatic nitrogens is 1. The van der Waals surface area contributed by atoms with Crippen molar-refractivity contribution in [2.45, 2.75) is 25.7 Å². The summed E-state index contributed by atoms with van der Waals surface area (Å²) in [5.74, 6) is -1.12. The number of fused-ring (bicyclic) bond motifs is 1. The summed E-state index contributed by atoms with van der Waals surface area (Å²) in [6.07, 6.45) is 3.40. The van der Waals surface area contributed by atoms with Crippen molar-refractivity contribution in [2.24, 2.45) is 11.8 Å². The van der Waals surface area contributed by atoms with Crippen molar-refractivity contribution in [3.8, 4) is 0 Å². The molecule has 0 amide bonds. The third kappa shape index (κ3) is 4.37. The van der Waals surface area contributed by atoms with Crippen LogP contribution in [0.15, 0.2) is 36.5 Å². The number of nitrogens with zero attached hydrogens (tertiary/aromatic N) is 2. The summed E-state index contributed by atoms with van der Waals surface area (Å²) in [4.78, 5) is 18.1. The van der Waals surface area contributed by atoms with Crippen molar-refractivity contribution in [2.75, 3.05) is 13.1 Å². The minimum atomic E-state index is -1.32. The molecule has 1 aromatic carbocycles. The van der Waals surface area contributed by atoms with Crippen LogP contribution in [0.1, 0.15) is 18.4 Å². The number of rotatable bonds is 7. The number of hydrogen-bond acceptors (Lipinski definition) is 5. The van der Waals surface area contributed by atoms with Gasteiger partial charge >= 0.3 is 13.1 Å². The summed E-state index contributed by atoms with van der Waals surface area (Å²) in [5.41, 5.74) is 2.10. The molecule has 1 fully saturated rings. The fraction of sp³-hybridized carbons (Fsp3) is 0.444. The predicted molar refractivity (Wildman–Crippen MR) is 95.9 cm³/mol. The maximum atomic E-state index is 11.6. The molecular weight excluding hydrogens is 319 g/mol. The highest BCUT2D eigenvalue weighted by atomic mass is 16.4. The Kier molecular flexibility index (Phi) is 5.68. The molecule has 25 heavy (non-hydrogen) atoms. The molecule has 0 unspecified atom stereocenters. The molecule has 3 rings (SSSR count). The van der Waals surface area contributed by atoms with E-state index in [1.165, 1.54) is 0 Å². The van der Waals surface area contributed by atoms with Gasteiger partial charge in [-0.15, -0.1) is 0 Å². The Labute approximate surface area is 147 Å². The molecule has 132 valence electrons. The Hall–Kier alpha value is -1.96. The number of para-hydroxylation sites is 1. The first-order chi connectivity index (χ1) is 12.0. The van der Waals surface area contributed by atoms with Crippen molar-refractivity contribution >= 4 is 24.0 Å². The van der Waals surface area contributed by atoms with Gasteiger partial charge in [0.15, 0.2) is 0 Å². The number of carboxylic acids is 1. The van der Waals surface area contributed by atoms with Gasteiger partial charge in [0.2, 0.25) is 0 Å². The second-order valence-electron chi connectivity index (χ2n) is 6.80. The molecule has 7 heteroatoms. The van der Waals surface area contributed by atoms with Gasteiger partial charge in [-0.3, -0.25) is 14.7 Å². The van der Waals surface area contributed by atoms with Gasteiger partial charge in [0.25, 0.3) is 0 Å². The molecule has 0 saturated carbocycles. The molecule has 1 aromatic heterocycles. The van der Waals surface area contributed by atoms with Gasteiger partial charge in [0.05, 0.1) is 11.4 Å². The van der Waals surface area contributed by atoms with E-state index in [0.29, 0.717) is 25.9 Å². The van der Waals surface area contributed by atoms with Crippen molar-refractivity contribution in [1.29, 1.82) is 0 Å². The summed E-state index contributed by atoms with van der Waals surface area (Å²) >= 11 is 0. The quantitative estimate of drug-likeness (QED) is 0.662. The normalized spacial score (nSPS) is 20.9. The Morgan fingerprint density at radius 1 is 1.24 bits per heavy atom. The number of carbonyl (C=O) groups is 1. The number of hydrogen-bond donors (Lipinski definition) is 3. The Bertz CT molecular complexity index is 735. The highest BCUT2D eigenvalue weighted by molar-refractivity contribution is 6.40. The lowest BCUT2D eigenvalue weighted by atomic mass is 9.80. The maximum absolute atomic E-state index is 11.6. The van der Waals surface area contributed by atoms with Crippen LogP contribution in [-0.4, -0.2) is 51.2 Å². The van der Waals surface area contributed by atoms with E-state index in [0.717, 1.165) is 23.0 Å². The lowest BCUT2D eigenvalue weighted by molar-refractivity contribution is -0.142. The van der Waals surface area contributed by atoms with Crippen LogP contribution in [0.25, 0.3) is 10.9 Å². The Balaban J connectivity index is 1.69. The fourth-order valence-corrected chi connectivity index (χ4v) is 3.76. The van der Waals surface area contributed by atoms with E-state index in [-0.39, 0.29) is 12.2 Å². The minimum absolute atomic E-state index is 0.0457. The van der Waals surface area contributed by atoms with Crippen molar-refractivity contribution in [1.82, 2.24) is 9.88 Å². The molecule has 0 radical (unpaired) electrons. The van der Waals surface area contributed by atoms with Crippen LogP contribution in [0.3, 0.4) is 0 Å². The predicted octanol–water partition coefficient (Wildman–Crippen LogP) is 1.62. The third-order valence-electron chi connectivity index (χ3n) is 5.00. The SMILES string of the molecule is O=C(O)[C@@H]1CN(Cc2ccnc3ccccc23)C[C@@H]1CCCB(O)O. The topological polar surface area (TPSA) is 93.9 Å². The monoisotopic (exact) mass is 342 g/mol. The molecule has 2 heterocycles. The number of benzene rings is 1. The van der Waals surface area contributed by atoms with E-state index in [1.807, 2.05) is 30.3 Å². The fourth-order valence-electron chi connectivity index (χ4n) is 3.76. The highest BCUT2D eigenvalue weighted by Crippen LogP contribution is 2.30. The smallest absolute Gasteiger partial charge is 0.451 e. The summed E-state index contributed by atoms with van der Waals surface area (Å²) in [5, 5.41) is 28.6. The summed E-state index contributed by atoms with van der Waals surface area (Å²) < 4.78 is 0. The van der Waals surface area contributed by atoms with Crippen LogP contribution in [0, 0.1) is 11.8 Å². The molecule has 3 N–H and O–H groups in total. The molecule has 6 nitrogen and oxygen atoms in total. The summed E-state index contributed by atoms with van der Waals surface area (Å²) in [7, 11) is -1.32. The summed E-state index contributed by atoms with van der Waals surface area (Å²) in [6.45, 7) is 1.94. The van der Waals surface area contributed by atoms with E-state index in [4.69, 9.17) is 10.0 Å². The van der Waals surface area contributed by atoms with Crippen LogP contribution in [-0.2, 0) is 11.3 Å². The van der Waals surface area contributed by atoms with Crippen LogP contribution >= 0.6 is 0 Å². The van der Waals surface area contributed by atoms with Gasteiger partial charge < -0.3 is 15.2 Å². The molecule has 0 spiro atoms. The number of aliphatic carboxylic acids is 1. The first-order valence-corrected chi connectivity index (χ1v) is 8.68. The second kappa shape index (κ2) is 7.95. The second-order valence-corrected chi connectivity index (χ2v) is 6.80. The van der Waals surface area contributed by atoms with Gasteiger partial charge in [0, 0.05) is 31.2 Å². The molecule has 2 atom stereocenters. The zero-order valence-electron chi connectivity index (χ0n) is 14.1. The molecular formula is C18H23BN2O4. The van der Waals surface area contributed by atoms with Crippen LogP contribution in [0.4, 0.5) is 0 Å². The zero-order chi connectivity index (χ0) is 17.8. The first kappa shape index (κ1) is 17.9. The number of carboxylic acid groups (broad SMARTS) is 1. The van der Waals surface area contributed by atoms with Crippen LogP contribution in [0.5, 0.6) is 0 Å². The molecule has 1 aliphatic heterocycles. The number of pyridine rings is 1. The van der Waals surface area contributed by atoms with E-state index in [2.05, 4.69) is 9.88 Å².